The fourth-order valence-electron chi connectivity index (χ4n) is 0.705. The topological polar surface area (TPSA) is 64.3 Å². The second-order valence-corrected chi connectivity index (χ2v) is 2.42. The van der Waals surface area contributed by atoms with Gasteiger partial charge in [0.2, 0.25) is 0 Å². The van der Waals surface area contributed by atoms with E-state index in [0.717, 1.165) is 6.54 Å². The van der Waals surface area contributed by atoms with Crippen molar-refractivity contribution in [2.75, 3.05) is 26.7 Å². The second kappa shape index (κ2) is 12.0. The summed E-state index contributed by atoms with van der Waals surface area (Å²) >= 11 is 0. The predicted octanol–water partition coefficient (Wildman–Crippen LogP) is 0.187. The molecule has 0 amide bonds. The number of esters is 1. The van der Waals surface area contributed by atoms with Crippen LogP contribution in [0.4, 0.5) is 0 Å². The number of methoxy groups -OCH3 is 1. The molecule has 0 fully saturated rings. The van der Waals surface area contributed by atoms with Crippen molar-refractivity contribution in [2.24, 2.45) is 11.7 Å². The Morgan fingerprint density at radius 3 is 2.46 bits per heavy atom. The second-order valence-electron chi connectivity index (χ2n) is 2.42. The van der Waals surface area contributed by atoms with Crippen LogP contribution in [0.3, 0.4) is 0 Å². The molecule has 4 nitrogen and oxygen atoms in total. The van der Waals surface area contributed by atoms with Crippen LogP contribution < -0.4 is 11.1 Å². The number of rotatable bonds is 5. The minimum Gasteiger partial charge on any atom is -0.469 e. The maximum atomic E-state index is 10.8. The lowest BCUT2D eigenvalue weighted by Gasteiger charge is -2.08. The minimum absolute atomic E-state index is 0. The van der Waals surface area contributed by atoms with E-state index < -0.39 is 0 Å². The van der Waals surface area contributed by atoms with Gasteiger partial charge in [-0.05, 0) is 0 Å². The van der Waals surface area contributed by atoms with E-state index in [2.05, 4.69) is 10.1 Å². The highest BCUT2D eigenvalue weighted by Crippen LogP contribution is 1.94. The van der Waals surface area contributed by atoms with Gasteiger partial charge >= 0.3 is 5.97 Å². The molecule has 0 aliphatic rings. The number of hydrogen-bond acceptors (Lipinski definition) is 4. The minimum atomic E-state index is -0.186. The number of nitrogens with one attached hydrogen (secondary N) is 1. The average molecular weight is 233 g/mol. The van der Waals surface area contributed by atoms with E-state index in [1.807, 2.05) is 6.92 Å². The van der Waals surface area contributed by atoms with Crippen LogP contribution in [0.25, 0.3) is 0 Å². The van der Waals surface area contributed by atoms with Crippen LogP contribution in [0.5, 0.6) is 0 Å². The third-order valence-corrected chi connectivity index (χ3v) is 1.38. The van der Waals surface area contributed by atoms with Gasteiger partial charge in [0, 0.05) is 19.6 Å². The molecule has 0 aliphatic carbocycles. The Balaban J connectivity index is -0.000000500. The molecule has 82 valence electrons. The van der Waals surface area contributed by atoms with E-state index in [4.69, 9.17) is 5.73 Å². The third kappa shape index (κ3) is 9.89. The van der Waals surface area contributed by atoms with Crippen molar-refractivity contribution in [3.63, 3.8) is 0 Å². The molecule has 0 saturated carbocycles. The van der Waals surface area contributed by atoms with Crippen LogP contribution >= 0.6 is 24.8 Å². The molecule has 0 rings (SSSR count). The van der Waals surface area contributed by atoms with Crippen molar-refractivity contribution in [3.05, 3.63) is 0 Å². The molecular formula is C7H18Cl2N2O2. The lowest BCUT2D eigenvalue weighted by atomic mass is 10.2. The molecule has 1 atom stereocenters. The van der Waals surface area contributed by atoms with Gasteiger partial charge in [-0.3, -0.25) is 4.79 Å². The zero-order valence-corrected chi connectivity index (χ0v) is 9.54. The summed E-state index contributed by atoms with van der Waals surface area (Å²) in [6.45, 7) is 3.77. The molecule has 0 aliphatic heterocycles. The lowest BCUT2D eigenvalue weighted by molar-refractivity contribution is -0.144. The molecule has 0 bridgehead atoms. The van der Waals surface area contributed by atoms with E-state index in [-0.39, 0.29) is 36.7 Å². The van der Waals surface area contributed by atoms with Gasteiger partial charge < -0.3 is 15.8 Å². The van der Waals surface area contributed by atoms with Gasteiger partial charge in [-0.2, -0.15) is 0 Å². The SMILES string of the molecule is COC(=O)C(C)CNCCN.Cl.Cl. The molecular weight excluding hydrogens is 215 g/mol. The van der Waals surface area contributed by atoms with E-state index in [1.165, 1.54) is 7.11 Å². The van der Waals surface area contributed by atoms with Gasteiger partial charge in [0.05, 0.1) is 13.0 Å². The third-order valence-electron chi connectivity index (χ3n) is 1.38. The molecule has 0 spiro atoms. The van der Waals surface area contributed by atoms with Gasteiger partial charge in [0.1, 0.15) is 0 Å². The zero-order chi connectivity index (χ0) is 8.69. The Morgan fingerprint density at radius 2 is 2.08 bits per heavy atom. The molecule has 0 saturated heterocycles. The van der Waals surface area contributed by atoms with E-state index >= 15 is 0 Å². The Kier molecular flexibility index (Phi) is 17.2. The van der Waals surface area contributed by atoms with Crippen LogP contribution in [0.15, 0.2) is 0 Å². The Labute approximate surface area is 91.4 Å². The quantitative estimate of drug-likeness (QED) is 0.525. The van der Waals surface area contributed by atoms with Crippen molar-refractivity contribution >= 4 is 30.8 Å². The summed E-state index contributed by atoms with van der Waals surface area (Å²) in [7, 11) is 1.39. The molecule has 0 aromatic rings. The smallest absolute Gasteiger partial charge is 0.309 e. The number of hydrogen-bond donors (Lipinski definition) is 2. The number of ether oxygens (including phenoxy) is 1. The Bertz CT molecular complexity index is 125. The van der Waals surface area contributed by atoms with Gasteiger partial charge in [-0.15, -0.1) is 24.8 Å². The highest BCUT2D eigenvalue weighted by molar-refractivity contribution is 5.85. The number of carbonyl (C=O) groups is 1. The summed E-state index contributed by atoms with van der Waals surface area (Å²) in [6.07, 6.45) is 0. The fourth-order valence-corrected chi connectivity index (χ4v) is 0.705. The number of carbonyl (C=O) groups excluding carboxylic acids is 1. The van der Waals surface area contributed by atoms with E-state index in [9.17, 15) is 4.79 Å². The molecule has 3 N–H and O–H groups in total. The highest BCUT2D eigenvalue weighted by Gasteiger charge is 2.11. The average Bonchev–Trinajstić information content (AvgIpc) is 2.03. The molecule has 0 aromatic carbocycles. The van der Waals surface area contributed by atoms with Crippen molar-refractivity contribution < 1.29 is 9.53 Å². The molecule has 13 heavy (non-hydrogen) atoms. The summed E-state index contributed by atoms with van der Waals surface area (Å²) in [6, 6.07) is 0. The van der Waals surface area contributed by atoms with Crippen molar-refractivity contribution in [3.8, 4) is 0 Å². The zero-order valence-electron chi connectivity index (χ0n) is 7.91. The maximum Gasteiger partial charge on any atom is 0.309 e. The summed E-state index contributed by atoms with van der Waals surface area (Å²) in [4.78, 5) is 10.8. The number of nitrogens with two attached hydrogens (primary N) is 1. The van der Waals surface area contributed by atoms with Crippen LogP contribution in [0.1, 0.15) is 6.92 Å². The lowest BCUT2D eigenvalue weighted by Crippen LogP contribution is -2.30. The van der Waals surface area contributed by atoms with Gasteiger partial charge in [0.15, 0.2) is 0 Å². The normalized spacial score (nSPS) is 10.7. The summed E-state index contributed by atoms with van der Waals surface area (Å²) < 4.78 is 4.53. The first kappa shape index (κ1) is 18.7. The van der Waals surface area contributed by atoms with Crippen LogP contribution in [-0.2, 0) is 9.53 Å². The molecule has 0 radical (unpaired) electrons. The first-order chi connectivity index (χ1) is 5.22. The van der Waals surface area contributed by atoms with Gasteiger partial charge in [-0.1, -0.05) is 6.92 Å². The summed E-state index contributed by atoms with van der Waals surface area (Å²) in [5, 5.41) is 3.02. The van der Waals surface area contributed by atoms with Crippen LogP contribution in [0.2, 0.25) is 0 Å². The molecule has 0 heterocycles. The highest BCUT2D eigenvalue weighted by atomic mass is 35.5. The Hall–Kier alpha value is -0.0300. The molecule has 1 unspecified atom stereocenters. The van der Waals surface area contributed by atoms with Crippen molar-refractivity contribution in [2.45, 2.75) is 6.92 Å². The Morgan fingerprint density at radius 1 is 1.54 bits per heavy atom. The first-order valence-electron chi connectivity index (χ1n) is 3.71. The van der Waals surface area contributed by atoms with Crippen molar-refractivity contribution in [1.82, 2.24) is 5.32 Å². The largest absolute Gasteiger partial charge is 0.469 e. The summed E-state index contributed by atoms with van der Waals surface area (Å²) in [5.41, 5.74) is 5.24. The number of halogens is 2. The summed E-state index contributed by atoms with van der Waals surface area (Å²) in [5.74, 6) is -0.277. The monoisotopic (exact) mass is 232 g/mol. The van der Waals surface area contributed by atoms with Crippen LogP contribution in [0, 0.1) is 5.92 Å². The van der Waals surface area contributed by atoms with E-state index in [1.54, 1.807) is 0 Å². The molecule has 6 heteroatoms. The van der Waals surface area contributed by atoms with Crippen molar-refractivity contribution in [1.29, 1.82) is 0 Å². The van der Waals surface area contributed by atoms with Gasteiger partial charge in [0.25, 0.3) is 0 Å². The van der Waals surface area contributed by atoms with E-state index in [0.29, 0.717) is 13.1 Å². The molecule has 0 aromatic heterocycles. The fraction of sp³-hybridized carbons (Fsp3) is 0.857. The first-order valence-corrected chi connectivity index (χ1v) is 3.71. The van der Waals surface area contributed by atoms with Crippen LogP contribution in [-0.4, -0.2) is 32.7 Å². The predicted molar refractivity (Wildman–Crippen MR) is 57.6 cm³/mol. The standard InChI is InChI=1S/C7H16N2O2.2ClH/c1-6(7(10)11-2)5-9-4-3-8;;/h6,9H,3-5,8H2,1-2H3;2*1H. The van der Waals surface area contributed by atoms with Gasteiger partial charge in [-0.25, -0.2) is 0 Å². The maximum absolute atomic E-state index is 10.8.